The van der Waals surface area contributed by atoms with Gasteiger partial charge in [0, 0.05) is 29.1 Å². The summed E-state index contributed by atoms with van der Waals surface area (Å²) in [5.41, 5.74) is 0.750. The van der Waals surface area contributed by atoms with Crippen LogP contribution in [0, 0.1) is 0 Å². The first kappa shape index (κ1) is 15.5. The number of alkyl halides is 3. The minimum absolute atomic E-state index is 0.0721. The number of aromatic carboxylic acids is 1. The fourth-order valence-corrected chi connectivity index (χ4v) is 3.38. The Hall–Kier alpha value is -2.76. The minimum atomic E-state index is -4.44. The Morgan fingerprint density at radius 3 is 2.62 bits per heavy atom. The van der Waals surface area contributed by atoms with Gasteiger partial charge in [0.1, 0.15) is 0 Å². The van der Waals surface area contributed by atoms with Gasteiger partial charge in [-0.05, 0) is 48.7 Å². The first-order valence-electron chi connectivity index (χ1n) is 8.79. The molecule has 0 aliphatic heterocycles. The van der Waals surface area contributed by atoms with Crippen molar-refractivity contribution in [3.8, 4) is 0 Å². The first-order chi connectivity index (χ1) is 12.8. The second-order valence-corrected chi connectivity index (χ2v) is 6.54. The number of hydrogen-bond acceptors (Lipinski definition) is 1. The van der Waals surface area contributed by atoms with E-state index >= 15 is 0 Å². The average Bonchev–Trinajstić information content (AvgIpc) is 3.36. The monoisotopic (exact) mass is 360 g/mol. The van der Waals surface area contributed by atoms with Gasteiger partial charge in [0.05, 0.1) is 12.5 Å². The third-order valence-corrected chi connectivity index (χ3v) is 4.67. The van der Waals surface area contributed by atoms with Crippen LogP contribution in [-0.4, -0.2) is 15.6 Å². The molecule has 0 spiro atoms. The predicted octanol–water partition coefficient (Wildman–Crippen LogP) is 5.28. The van der Waals surface area contributed by atoms with Gasteiger partial charge in [-0.3, -0.25) is 0 Å². The Morgan fingerprint density at radius 1 is 1.23 bits per heavy atom. The highest BCUT2D eigenvalue weighted by molar-refractivity contribution is 5.94. The van der Waals surface area contributed by atoms with Crippen LogP contribution in [0.2, 0.25) is 0 Å². The second-order valence-electron chi connectivity index (χ2n) is 6.54. The van der Waals surface area contributed by atoms with E-state index in [1.54, 1.807) is 18.2 Å². The highest BCUT2D eigenvalue weighted by atomic mass is 19.4. The third-order valence-electron chi connectivity index (χ3n) is 4.67. The molecule has 0 atom stereocenters. The van der Waals surface area contributed by atoms with Crippen molar-refractivity contribution in [1.82, 2.24) is 4.57 Å². The summed E-state index contributed by atoms with van der Waals surface area (Å²) >= 11 is 0. The SMILES string of the molecule is [2H]c1c(C(=O)O)ccc2c1cc(Cc1ccccc1C(F)(F)F)n2C1CC1. The summed E-state index contributed by atoms with van der Waals surface area (Å²) in [5, 5.41) is 9.69. The standard InChI is InChI=1S/C20H16F3NO2/c21-20(22,23)17-4-2-1-3-12(17)10-16-11-14-9-13(19(25)26)5-8-18(14)24(16)15-6-7-15/h1-5,8-9,11,15H,6-7,10H2,(H,25,26)/i9D. The molecule has 0 saturated heterocycles. The van der Waals surface area contributed by atoms with Crippen molar-refractivity contribution < 1.29 is 24.4 Å². The Kier molecular flexibility index (Phi) is 3.51. The molecule has 1 saturated carbocycles. The molecular weight excluding hydrogens is 343 g/mol. The number of carbonyl (C=O) groups is 1. The van der Waals surface area contributed by atoms with Gasteiger partial charge in [-0.1, -0.05) is 18.2 Å². The van der Waals surface area contributed by atoms with E-state index in [2.05, 4.69) is 0 Å². The van der Waals surface area contributed by atoms with Gasteiger partial charge in [0.2, 0.25) is 0 Å². The van der Waals surface area contributed by atoms with Gasteiger partial charge < -0.3 is 9.67 Å². The van der Waals surface area contributed by atoms with Crippen LogP contribution in [0.5, 0.6) is 0 Å². The molecule has 3 nitrogen and oxygen atoms in total. The summed E-state index contributed by atoms with van der Waals surface area (Å²) in [4.78, 5) is 11.3. The Balaban J connectivity index is 1.87. The maximum absolute atomic E-state index is 13.3. The largest absolute Gasteiger partial charge is 0.478 e. The number of halogens is 3. The molecule has 0 radical (unpaired) electrons. The summed E-state index contributed by atoms with van der Waals surface area (Å²) in [5.74, 6) is -1.19. The van der Waals surface area contributed by atoms with E-state index in [0.717, 1.165) is 18.9 Å². The summed E-state index contributed by atoms with van der Waals surface area (Å²) in [6.45, 7) is 0. The van der Waals surface area contributed by atoms with E-state index in [4.69, 9.17) is 1.37 Å². The van der Waals surface area contributed by atoms with Crippen LogP contribution in [0.15, 0.2) is 48.5 Å². The first-order valence-corrected chi connectivity index (χ1v) is 8.29. The third kappa shape index (κ3) is 2.96. The normalized spacial score (nSPS) is 15.3. The van der Waals surface area contributed by atoms with Crippen LogP contribution >= 0.6 is 0 Å². The number of carboxylic acid groups (broad SMARTS) is 1. The number of carboxylic acids is 1. The number of rotatable bonds is 4. The van der Waals surface area contributed by atoms with Crippen LogP contribution < -0.4 is 0 Å². The van der Waals surface area contributed by atoms with Gasteiger partial charge in [0.25, 0.3) is 0 Å². The molecule has 1 fully saturated rings. The molecular formula is C20H16F3NO2. The van der Waals surface area contributed by atoms with Crippen molar-refractivity contribution in [2.24, 2.45) is 0 Å². The maximum Gasteiger partial charge on any atom is 0.416 e. The lowest BCUT2D eigenvalue weighted by Crippen LogP contribution is -2.10. The van der Waals surface area contributed by atoms with Crippen LogP contribution in [0.1, 0.15) is 47.4 Å². The molecule has 1 aromatic heterocycles. The Morgan fingerprint density at radius 2 is 1.96 bits per heavy atom. The Bertz CT molecular complexity index is 1050. The van der Waals surface area contributed by atoms with E-state index in [-0.39, 0.29) is 29.6 Å². The fourth-order valence-electron chi connectivity index (χ4n) is 3.38. The van der Waals surface area contributed by atoms with Crippen LogP contribution in [0.25, 0.3) is 10.9 Å². The topological polar surface area (TPSA) is 42.2 Å². The fraction of sp³-hybridized carbons (Fsp3) is 0.250. The zero-order valence-electron chi connectivity index (χ0n) is 14.7. The van der Waals surface area contributed by atoms with E-state index < -0.39 is 17.7 Å². The lowest BCUT2D eigenvalue weighted by molar-refractivity contribution is -0.138. The van der Waals surface area contributed by atoms with Gasteiger partial charge in [0.15, 0.2) is 0 Å². The highest BCUT2D eigenvalue weighted by Crippen LogP contribution is 2.41. The smallest absolute Gasteiger partial charge is 0.416 e. The second kappa shape index (κ2) is 5.90. The highest BCUT2D eigenvalue weighted by Gasteiger charge is 2.34. The quantitative estimate of drug-likeness (QED) is 0.687. The Labute approximate surface area is 149 Å². The van der Waals surface area contributed by atoms with Crippen molar-refractivity contribution >= 4 is 16.9 Å². The molecule has 1 aliphatic carbocycles. The number of benzene rings is 2. The van der Waals surface area contributed by atoms with E-state index in [1.807, 2.05) is 4.57 Å². The molecule has 1 heterocycles. The van der Waals surface area contributed by atoms with Gasteiger partial charge in [-0.25, -0.2) is 4.79 Å². The van der Waals surface area contributed by atoms with Gasteiger partial charge in [-0.2, -0.15) is 13.2 Å². The average molecular weight is 360 g/mol. The number of hydrogen-bond donors (Lipinski definition) is 1. The molecule has 2 aromatic carbocycles. The minimum Gasteiger partial charge on any atom is -0.478 e. The van der Waals surface area contributed by atoms with E-state index in [0.29, 0.717) is 16.6 Å². The number of nitrogens with zero attached hydrogens (tertiary/aromatic N) is 1. The van der Waals surface area contributed by atoms with Crippen molar-refractivity contribution in [1.29, 1.82) is 0 Å². The molecule has 0 amide bonds. The van der Waals surface area contributed by atoms with Crippen LogP contribution in [-0.2, 0) is 12.6 Å². The van der Waals surface area contributed by atoms with E-state index in [9.17, 15) is 23.1 Å². The molecule has 1 aliphatic rings. The summed E-state index contributed by atoms with van der Waals surface area (Å²) < 4.78 is 50.1. The molecule has 134 valence electrons. The molecule has 3 aromatic rings. The maximum atomic E-state index is 13.3. The van der Waals surface area contributed by atoms with Crippen LogP contribution in [0.4, 0.5) is 13.2 Å². The molecule has 26 heavy (non-hydrogen) atoms. The summed E-state index contributed by atoms with van der Waals surface area (Å²) in [6.07, 6.45) is -2.52. The molecule has 4 rings (SSSR count). The zero-order chi connectivity index (χ0) is 19.3. The molecule has 0 bridgehead atoms. The van der Waals surface area contributed by atoms with E-state index in [1.165, 1.54) is 18.2 Å². The van der Waals surface area contributed by atoms with Crippen molar-refractivity contribution in [3.63, 3.8) is 0 Å². The lowest BCUT2D eigenvalue weighted by Gasteiger charge is -2.14. The van der Waals surface area contributed by atoms with Crippen LogP contribution in [0.3, 0.4) is 0 Å². The summed E-state index contributed by atoms with van der Waals surface area (Å²) in [7, 11) is 0. The van der Waals surface area contributed by atoms with Crippen molar-refractivity contribution in [2.45, 2.75) is 31.5 Å². The van der Waals surface area contributed by atoms with Gasteiger partial charge in [-0.15, -0.1) is 0 Å². The summed E-state index contributed by atoms with van der Waals surface area (Å²) in [6, 6.07) is 10.2. The zero-order valence-corrected chi connectivity index (χ0v) is 13.7. The molecule has 0 unspecified atom stereocenters. The van der Waals surface area contributed by atoms with Gasteiger partial charge >= 0.3 is 12.1 Å². The predicted molar refractivity (Wildman–Crippen MR) is 91.4 cm³/mol. The van der Waals surface area contributed by atoms with Crippen molar-refractivity contribution in [2.75, 3.05) is 0 Å². The van der Waals surface area contributed by atoms with Crippen molar-refractivity contribution in [3.05, 3.63) is 70.9 Å². The molecule has 1 N–H and O–H groups in total. The molecule has 6 heteroatoms. The lowest BCUT2D eigenvalue weighted by atomic mass is 10.0. The number of aromatic nitrogens is 1. The number of fused-ring (bicyclic) bond motifs is 1.